The summed E-state index contributed by atoms with van der Waals surface area (Å²) in [6.07, 6.45) is -1.30. The summed E-state index contributed by atoms with van der Waals surface area (Å²) in [5, 5.41) is 3.29. The lowest BCUT2D eigenvalue weighted by molar-refractivity contribution is -0.141. The van der Waals surface area contributed by atoms with Gasteiger partial charge in [0.2, 0.25) is 0 Å². The number of aromatic nitrogens is 2. The van der Waals surface area contributed by atoms with Gasteiger partial charge >= 0.3 is 6.18 Å². The summed E-state index contributed by atoms with van der Waals surface area (Å²) in [5.41, 5.74) is -0.925. The van der Waals surface area contributed by atoms with E-state index in [4.69, 9.17) is 0 Å². The first-order valence-electron chi connectivity index (χ1n) is 5.43. The van der Waals surface area contributed by atoms with Crippen LogP contribution in [0.25, 0.3) is 0 Å². The SMILES string of the molecule is FC(F)(F)c1cncc(N2C[C@@H]3C[C@H]2CN3)n1. The number of hydrogen-bond acceptors (Lipinski definition) is 4. The van der Waals surface area contributed by atoms with Crippen molar-refractivity contribution >= 4 is 5.82 Å². The zero-order chi connectivity index (χ0) is 12.0. The third-order valence-corrected chi connectivity index (χ3v) is 3.26. The van der Waals surface area contributed by atoms with E-state index in [0.717, 1.165) is 19.2 Å². The van der Waals surface area contributed by atoms with Crippen LogP contribution >= 0.6 is 0 Å². The van der Waals surface area contributed by atoms with Gasteiger partial charge in [-0.05, 0) is 6.42 Å². The molecule has 2 fully saturated rings. The molecule has 4 nitrogen and oxygen atoms in total. The van der Waals surface area contributed by atoms with Crippen molar-refractivity contribution in [3.63, 3.8) is 0 Å². The molecule has 3 rings (SSSR count). The van der Waals surface area contributed by atoms with E-state index in [-0.39, 0.29) is 6.04 Å². The molecule has 1 aromatic rings. The van der Waals surface area contributed by atoms with Crippen molar-refractivity contribution in [1.82, 2.24) is 15.3 Å². The molecule has 0 aromatic carbocycles. The molecule has 0 unspecified atom stereocenters. The Morgan fingerprint density at radius 2 is 2.18 bits per heavy atom. The molecule has 2 bridgehead atoms. The molecule has 1 aromatic heterocycles. The zero-order valence-corrected chi connectivity index (χ0v) is 8.91. The number of piperazine rings is 1. The Morgan fingerprint density at radius 3 is 2.76 bits per heavy atom. The molecule has 0 amide bonds. The summed E-state index contributed by atoms with van der Waals surface area (Å²) >= 11 is 0. The maximum absolute atomic E-state index is 12.5. The van der Waals surface area contributed by atoms with Gasteiger partial charge in [-0.2, -0.15) is 13.2 Å². The third kappa shape index (κ3) is 1.84. The fraction of sp³-hybridized carbons (Fsp3) is 0.600. The van der Waals surface area contributed by atoms with Crippen LogP contribution in [0.2, 0.25) is 0 Å². The van der Waals surface area contributed by atoms with E-state index in [2.05, 4.69) is 15.3 Å². The lowest BCUT2D eigenvalue weighted by Gasteiger charge is -2.28. The predicted molar refractivity (Wildman–Crippen MR) is 54.6 cm³/mol. The van der Waals surface area contributed by atoms with Crippen LogP contribution in [-0.2, 0) is 6.18 Å². The van der Waals surface area contributed by atoms with Crippen molar-refractivity contribution < 1.29 is 13.2 Å². The first-order valence-corrected chi connectivity index (χ1v) is 5.43. The maximum Gasteiger partial charge on any atom is 0.434 e. The van der Waals surface area contributed by atoms with E-state index in [9.17, 15) is 13.2 Å². The summed E-state index contributed by atoms with van der Waals surface area (Å²) in [5.74, 6) is 0.328. The fourth-order valence-electron chi connectivity index (χ4n) is 2.47. The van der Waals surface area contributed by atoms with Crippen LogP contribution in [0.4, 0.5) is 19.0 Å². The highest BCUT2D eigenvalue weighted by Gasteiger charge is 2.39. The fourth-order valence-corrected chi connectivity index (χ4v) is 2.47. The number of alkyl halides is 3. The largest absolute Gasteiger partial charge is 0.434 e. The molecule has 3 heterocycles. The summed E-state index contributed by atoms with van der Waals surface area (Å²) in [6, 6.07) is 0.620. The predicted octanol–water partition coefficient (Wildman–Crippen LogP) is 1.05. The van der Waals surface area contributed by atoms with Crippen molar-refractivity contribution in [2.24, 2.45) is 0 Å². The lowest BCUT2D eigenvalue weighted by Crippen LogP contribution is -2.44. The Kier molecular flexibility index (Phi) is 2.25. The van der Waals surface area contributed by atoms with Crippen LogP contribution in [0.15, 0.2) is 12.4 Å². The molecule has 92 valence electrons. The van der Waals surface area contributed by atoms with Crippen LogP contribution < -0.4 is 10.2 Å². The van der Waals surface area contributed by atoms with Crippen molar-refractivity contribution in [3.8, 4) is 0 Å². The Balaban J connectivity index is 1.89. The Labute approximate surface area is 95.9 Å². The second-order valence-corrected chi connectivity index (χ2v) is 4.41. The minimum absolute atomic E-state index is 0.248. The molecule has 2 aliphatic rings. The van der Waals surface area contributed by atoms with E-state index in [1.165, 1.54) is 6.20 Å². The average molecular weight is 244 g/mol. The van der Waals surface area contributed by atoms with Gasteiger partial charge in [0, 0.05) is 25.2 Å². The maximum atomic E-state index is 12.5. The Bertz CT molecular complexity index is 434. The molecule has 17 heavy (non-hydrogen) atoms. The summed E-state index contributed by atoms with van der Waals surface area (Å²) in [7, 11) is 0. The van der Waals surface area contributed by atoms with Gasteiger partial charge in [-0.25, -0.2) is 4.98 Å². The van der Waals surface area contributed by atoms with Crippen molar-refractivity contribution in [1.29, 1.82) is 0 Å². The summed E-state index contributed by atoms with van der Waals surface area (Å²) in [4.78, 5) is 9.20. The van der Waals surface area contributed by atoms with E-state index in [1.807, 2.05) is 4.90 Å². The van der Waals surface area contributed by atoms with Crippen molar-refractivity contribution in [3.05, 3.63) is 18.1 Å². The van der Waals surface area contributed by atoms with Crippen LogP contribution in [-0.4, -0.2) is 35.1 Å². The number of nitrogens with one attached hydrogen (secondary N) is 1. The molecule has 2 aliphatic heterocycles. The molecular weight excluding hydrogens is 233 g/mol. The van der Waals surface area contributed by atoms with Gasteiger partial charge in [-0.15, -0.1) is 0 Å². The smallest absolute Gasteiger partial charge is 0.349 e. The van der Waals surface area contributed by atoms with E-state index in [1.54, 1.807) is 0 Å². The molecule has 2 atom stereocenters. The quantitative estimate of drug-likeness (QED) is 0.801. The molecule has 1 N–H and O–H groups in total. The van der Waals surface area contributed by atoms with E-state index in [0.29, 0.717) is 18.4 Å². The number of rotatable bonds is 1. The average Bonchev–Trinajstić information content (AvgIpc) is 2.89. The zero-order valence-electron chi connectivity index (χ0n) is 8.91. The van der Waals surface area contributed by atoms with Gasteiger partial charge in [0.15, 0.2) is 5.69 Å². The van der Waals surface area contributed by atoms with Crippen LogP contribution in [0.1, 0.15) is 12.1 Å². The highest BCUT2D eigenvalue weighted by Crippen LogP contribution is 2.31. The third-order valence-electron chi connectivity index (χ3n) is 3.26. The molecular formula is C10H11F3N4. The van der Waals surface area contributed by atoms with Crippen LogP contribution in [0, 0.1) is 0 Å². The molecule has 2 saturated heterocycles. The molecule has 0 aliphatic carbocycles. The topological polar surface area (TPSA) is 41.1 Å². The van der Waals surface area contributed by atoms with Crippen molar-refractivity contribution in [2.45, 2.75) is 24.7 Å². The van der Waals surface area contributed by atoms with Gasteiger partial charge in [-0.3, -0.25) is 4.98 Å². The lowest BCUT2D eigenvalue weighted by atomic mass is 10.2. The molecule has 0 spiro atoms. The van der Waals surface area contributed by atoms with Gasteiger partial charge < -0.3 is 10.2 Å². The molecule has 0 radical (unpaired) electrons. The number of halogens is 3. The number of anilines is 1. The van der Waals surface area contributed by atoms with E-state index >= 15 is 0 Å². The standard InChI is InChI=1S/C10H11F3N4/c11-10(12,13)8-3-14-4-9(16-8)17-5-6-1-7(17)2-15-6/h3-4,6-7,15H,1-2,5H2/t6-,7-/m0/s1. The van der Waals surface area contributed by atoms with Crippen LogP contribution in [0.5, 0.6) is 0 Å². The summed E-state index contributed by atoms with van der Waals surface area (Å²) < 4.78 is 37.5. The Morgan fingerprint density at radius 1 is 1.35 bits per heavy atom. The first kappa shape index (κ1) is 10.8. The van der Waals surface area contributed by atoms with Crippen molar-refractivity contribution in [2.75, 3.05) is 18.0 Å². The van der Waals surface area contributed by atoms with Gasteiger partial charge in [0.1, 0.15) is 5.82 Å². The highest BCUT2D eigenvalue weighted by molar-refractivity contribution is 5.42. The first-order chi connectivity index (χ1) is 8.04. The van der Waals surface area contributed by atoms with E-state index < -0.39 is 11.9 Å². The second kappa shape index (κ2) is 3.56. The second-order valence-electron chi connectivity index (χ2n) is 4.41. The monoisotopic (exact) mass is 244 g/mol. The van der Waals surface area contributed by atoms with Gasteiger partial charge in [0.25, 0.3) is 0 Å². The highest BCUT2D eigenvalue weighted by atomic mass is 19.4. The minimum atomic E-state index is -4.43. The molecule has 7 heteroatoms. The van der Waals surface area contributed by atoms with Gasteiger partial charge in [-0.1, -0.05) is 0 Å². The molecule has 0 saturated carbocycles. The number of fused-ring (bicyclic) bond motifs is 2. The summed E-state index contributed by atoms with van der Waals surface area (Å²) in [6.45, 7) is 1.52. The van der Waals surface area contributed by atoms with Gasteiger partial charge in [0.05, 0.1) is 12.4 Å². The Hall–Kier alpha value is -1.37. The van der Waals surface area contributed by atoms with Crippen LogP contribution in [0.3, 0.4) is 0 Å². The normalized spacial score (nSPS) is 27.8. The minimum Gasteiger partial charge on any atom is -0.349 e. The number of hydrogen-bond donors (Lipinski definition) is 1. The number of nitrogens with zero attached hydrogens (tertiary/aromatic N) is 3.